The smallest absolute Gasteiger partial charge is 0.326 e. The Morgan fingerprint density at radius 3 is 2.65 bits per heavy atom. The molecule has 2 fully saturated rings. The number of cyclic esters (lactones) is 1. The summed E-state index contributed by atoms with van der Waals surface area (Å²) in [6.07, 6.45) is 5.25. The van der Waals surface area contributed by atoms with Gasteiger partial charge in [0.15, 0.2) is 0 Å². The Morgan fingerprint density at radius 2 is 2.06 bits per heavy atom. The van der Waals surface area contributed by atoms with Gasteiger partial charge in [-0.1, -0.05) is 20.8 Å². The number of esters is 1. The van der Waals surface area contributed by atoms with Crippen molar-refractivity contribution in [3.63, 3.8) is 0 Å². The van der Waals surface area contributed by atoms with E-state index in [-0.39, 0.29) is 11.5 Å². The monoisotopic (exact) mass is 239 g/mol. The van der Waals surface area contributed by atoms with Gasteiger partial charge in [-0.25, -0.2) is 0 Å². The van der Waals surface area contributed by atoms with Gasteiger partial charge in [0.25, 0.3) is 0 Å². The van der Waals surface area contributed by atoms with Crippen LogP contribution in [0.3, 0.4) is 0 Å². The molecule has 1 saturated heterocycles. The van der Waals surface area contributed by atoms with Crippen molar-refractivity contribution < 1.29 is 9.53 Å². The van der Waals surface area contributed by atoms with Crippen molar-refractivity contribution in [1.82, 2.24) is 5.32 Å². The summed E-state index contributed by atoms with van der Waals surface area (Å²) in [7, 11) is 0. The summed E-state index contributed by atoms with van der Waals surface area (Å²) in [5.74, 6) is 1.38. The fourth-order valence-electron chi connectivity index (χ4n) is 3.11. The first-order chi connectivity index (χ1) is 8.02. The van der Waals surface area contributed by atoms with Crippen LogP contribution in [0.15, 0.2) is 0 Å². The molecule has 1 aliphatic heterocycles. The molecule has 0 bridgehead atoms. The Hall–Kier alpha value is -0.570. The van der Waals surface area contributed by atoms with Gasteiger partial charge in [-0.15, -0.1) is 0 Å². The summed E-state index contributed by atoms with van der Waals surface area (Å²) in [6, 6.07) is 0.348. The van der Waals surface area contributed by atoms with E-state index in [1.165, 1.54) is 0 Å². The number of hydrogen-bond acceptors (Lipinski definition) is 3. The van der Waals surface area contributed by atoms with Crippen molar-refractivity contribution in [2.75, 3.05) is 6.61 Å². The number of rotatable bonds is 2. The maximum Gasteiger partial charge on any atom is 0.326 e. The SMILES string of the molecule is CC(C)C[C@@H]1COC(=O)C2(CCC(C)CC2)N1. The number of nitrogens with one attached hydrogen (secondary N) is 1. The van der Waals surface area contributed by atoms with Crippen LogP contribution in [0.5, 0.6) is 0 Å². The van der Waals surface area contributed by atoms with Crippen LogP contribution in [0.25, 0.3) is 0 Å². The fourth-order valence-corrected chi connectivity index (χ4v) is 3.11. The summed E-state index contributed by atoms with van der Waals surface area (Å²) in [5, 5.41) is 3.60. The first-order valence-corrected chi connectivity index (χ1v) is 6.97. The third-order valence-corrected chi connectivity index (χ3v) is 4.17. The molecule has 2 aliphatic rings. The number of hydrogen-bond donors (Lipinski definition) is 1. The molecular formula is C14H25NO2. The molecule has 1 atom stereocenters. The molecule has 0 aromatic rings. The lowest BCUT2D eigenvalue weighted by molar-refractivity contribution is -0.161. The molecule has 0 amide bonds. The summed E-state index contributed by atoms with van der Waals surface area (Å²) in [6.45, 7) is 7.25. The molecule has 0 radical (unpaired) electrons. The zero-order valence-electron chi connectivity index (χ0n) is 11.3. The largest absolute Gasteiger partial charge is 0.463 e. The van der Waals surface area contributed by atoms with Gasteiger partial charge < -0.3 is 4.74 Å². The molecule has 1 saturated carbocycles. The van der Waals surface area contributed by atoms with E-state index in [0.29, 0.717) is 18.6 Å². The zero-order chi connectivity index (χ0) is 12.5. The van der Waals surface area contributed by atoms with Gasteiger partial charge in [-0.05, 0) is 43.9 Å². The first-order valence-electron chi connectivity index (χ1n) is 6.97. The van der Waals surface area contributed by atoms with E-state index in [0.717, 1.165) is 38.0 Å². The van der Waals surface area contributed by atoms with E-state index in [2.05, 4.69) is 26.1 Å². The van der Waals surface area contributed by atoms with Gasteiger partial charge in [0, 0.05) is 6.04 Å². The van der Waals surface area contributed by atoms with Gasteiger partial charge in [-0.3, -0.25) is 10.1 Å². The van der Waals surface area contributed by atoms with E-state index in [1.54, 1.807) is 0 Å². The number of ether oxygens (including phenoxy) is 1. The van der Waals surface area contributed by atoms with Crippen molar-refractivity contribution in [1.29, 1.82) is 0 Å². The minimum atomic E-state index is -0.357. The molecule has 1 spiro atoms. The first kappa shape index (κ1) is 12.9. The van der Waals surface area contributed by atoms with Gasteiger partial charge in [0.1, 0.15) is 12.1 Å². The molecular weight excluding hydrogens is 214 g/mol. The highest BCUT2D eigenvalue weighted by Gasteiger charge is 2.46. The van der Waals surface area contributed by atoms with Gasteiger partial charge >= 0.3 is 5.97 Å². The highest BCUT2D eigenvalue weighted by Crippen LogP contribution is 2.35. The second kappa shape index (κ2) is 4.97. The molecule has 3 heteroatoms. The van der Waals surface area contributed by atoms with Gasteiger partial charge in [-0.2, -0.15) is 0 Å². The zero-order valence-corrected chi connectivity index (χ0v) is 11.3. The standard InChI is InChI=1S/C14H25NO2/c1-10(2)8-12-9-17-13(16)14(15-12)6-4-11(3)5-7-14/h10-12,15H,4-9H2,1-3H3/t11?,12-,14?/m1/s1. The Labute approximate surface area is 104 Å². The van der Waals surface area contributed by atoms with Crippen LogP contribution >= 0.6 is 0 Å². The quantitative estimate of drug-likeness (QED) is 0.752. The summed E-state index contributed by atoms with van der Waals surface area (Å²) < 4.78 is 5.42. The molecule has 3 nitrogen and oxygen atoms in total. The Morgan fingerprint density at radius 1 is 1.41 bits per heavy atom. The molecule has 0 aromatic carbocycles. The van der Waals surface area contributed by atoms with Crippen LogP contribution in [0.4, 0.5) is 0 Å². The van der Waals surface area contributed by atoms with Crippen molar-refractivity contribution in [3.05, 3.63) is 0 Å². The van der Waals surface area contributed by atoms with Crippen molar-refractivity contribution in [2.45, 2.75) is 64.5 Å². The summed E-state index contributed by atoms with van der Waals surface area (Å²) in [5.41, 5.74) is -0.357. The topological polar surface area (TPSA) is 38.3 Å². The Balaban J connectivity index is 2.01. The Bertz CT molecular complexity index is 280. The van der Waals surface area contributed by atoms with Crippen LogP contribution in [0, 0.1) is 11.8 Å². The highest BCUT2D eigenvalue weighted by molar-refractivity contribution is 5.81. The van der Waals surface area contributed by atoms with E-state index >= 15 is 0 Å². The molecule has 0 aromatic heterocycles. The average molecular weight is 239 g/mol. The lowest BCUT2D eigenvalue weighted by Gasteiger charge is -2.44. The number of carbonyl (C=O) groups is 1. The van der Waals surface area contributed by atoms with Crippen LogP contribution in [-0.2, 0) is 9.53 Å². The number of carbonyl (C=O) groups excluding carboxylic acids is 1. The second-order valence-electron chi connectivity index (χ2n) is 6.33. The molecule has 98 valence electrons. The van der Waals surface area contributed by atoms with Crippen LogP contribution in [0.1, 0.15) is 52.9 Å². The second-order valence-corrected chi connectivity index (χ2v) is 6.33. The minimum absolute atomic E-state index is 0.00981. The molecule has 2 rings (SSSR count). The predicted molar refractivity (Wildman–Crippen MR) is 67.7 cm³/mol. The van der Waals surface area contributed by atoms with Crippen molar-refractivity contribution >= 4 is 5.97 Å². The van der Waals surface area contributed by atoms with Crippen molar-refractivity contribution in [2.24, 2.45) is 11.8 Å². The third-order valence-electron chi connectivity index (χ3n) is 4.17. The van der Waals surface area contributed by atoms with E-state index in [1.807, 2.05) is 0 Å². The highest BCUT2D eigenvalue weighted by atomic mass is 16.5. The number of morpholine rings is 1. The van der Waals surface area contributed by atoms with E-state index in [9.17, 15) is 4.79 Å². The fraction of sp³-hybridized carbons (Fsp3) is 0.929. The van der Waals surface area contributed by atoms with Gasteiger partial charge in [0.2, 0.25) is 0 Å². The predicted octanol–water partition coefficient (Wildman–Crippen LogP) is 2.50. The molecule has 1 N–H and O–H groups in total. The third kappa shape index (κ3) is 2.82. The van der Waals surface area contributed by atoms with Crippen LogP contribution in [-0.4, -0.2) is 24.2 Å². The van der Waals surface area contributed by atoms with E-state index in [4.69, 9.17) is 4.74 Å². The minimum Gasteiger partial charge on any atom is -0.463 e. The van der Waals surface area contributed by atoms with E-state index < -0.39 is 0 Å². The maximum atomic E-state index is 12.0. The molecule has 1 aliphatic carbocycles. The summed E-state index contributed by atoms with van der Waals surface area (Å²) in [4.78, 5) is 12.0. The normalized spacial score (nSPS) is 38.5. The van der Waals surface area contributed by atoms with Crippen molar-refractivity contribution in [3.8, 4) is 0 Å². The van der Waals surface area contributed by atoms with Crippen LogP contribution < -0.4 is 5.32 Å². The van der Waals surface area contributed by atoms with Crippen LogP contribution in [0.2, 0.25) is 0 Å². The lowest BCUT2D eigenvalue weighted by atomic mass is 9.76. The Kier molecular flexibility index (Phi) is 3.76. The molecule has 0 unspecified atom stereocenters. The molecule has 17 heavy (non-hydrogen) atoms. The summed E-state index contributed by atoms with van der Waals surface area (Å²) >= 11 is 0. The van der Waals surface area contributed by atoms with Gasteiger partial charge in [0.05, 0.1) is 0 Å². The average Bonchev–Trinajstić information content (AvgIpc) is 2.27. The molecule has 1 heterocycles. The maximum absolute atomic E-state index is 12.0. The lowest BCUT2D eigenvalue weighted by Crippen LogP contribution is -2.63.